The number of anilines is 1. The van der Waals surface area contributed by atoms with Crippen LogP contribution in [0.4, 0.5) is 10.5 Å². The molecule has 1 heterocycles. The molecule has 1 saturated heterocycles. The second kappa shape index (κ2) is 6.22. The third kappa shape index (κ3) is 3.47. The number of carbonyl (C=O) groups excluding carboxylic acids is 2. The lowest BCUT2D eigenvalue weighted by molar-refractivity contribution is -0.117. The average molecular weight is 262 g/mol. The zero-order valence-corrected chi connectivity index (χ0v) is 11.0. The molecule has 0 saturated carbocycles. The zero-order chi connectivity index (χ0) is 13.7. The fourth-order valence-electron chi connectivity index (χ4n) is 2.19. The lowest BCUT2D eigenvalue weighted by atomic mass is 10.1. The van der Waals surface area contributed by atoms with E-state index in [0.717, 1.165) is 5.69 Å². The number of nitrogens with one attached hydrogen (secondary N) is 1. The summed E-state index contributed by atoms with van der Waals surface area (Å²) in [5, 5.41) is 2.68. The van der Waals surface area contributed by atoms with Gasteiger partial charge in [-0.15, -0.1) is 0 Å². The number of hydrogen-bond donors (Lipinski definition) is 1. The molecule has 5 nitrogen and oxygen atoms in total. The largest absolute Gasteiger partial charge is 0.450 e. The monoisotopic (exact) mass is 262 g/mol. The number of benzene rings is 1. The van der Waals surface area contributed by atoms with Crippen molar-refractivity contribution < 1.29 is 14.3 Å². The number of amides is 2. The highest BCUT2D eigenvalue weighted by Gasteiger charge is 2.30. The number of alkyl carbamates (subject to hydrolysis) is 1. The first-order valence-corrected chi connectivity index (χ1v) is 6.46. The summed E-state index contributed by atoms with van der Waals surface area (Å²) in [6.45, 7) is 3.21. The Bertz CT molecular complexity index is 447. The number of carbonyl (C=O) groups is 2. The van der Waals surface area contributed by atoms with E-state index in [9.17, 15) is 9.59 Å². The lowest BCUT2D eigenvalue weighted by Crippen LogP contribution is -2.31. The number of hydrogen-bond acceptors (Lipinski definition) is 3. The Balaban J connectivity index is 1.88. The second-order valence-corrected chi connectivity index (χ2v) is 4.51. The molecule has 1 aliphatic rings. The molecule has 1 N–H and O–H groups in total. The van der Waals surface area contributed by atoms with Crippen LogP contribution in [0.5, 0.6) is 0 Å². The molecule has 1 atom stereocenters. The number of nitrogens with zero attached hydrogens (tertiary/aromatic N) is 1. The van der Waals surface area contributed by atoms with Crippen LogP contribution in [0.3, 0.4) is 0 Å². The first kappa shape index (κ1) is 13.4. The van der Waals surface area contributed by atoms with Gasteiger partial charge in [0, 0.05) is 31.1 Å². The van der Waals surface area contributed by atoms with Crippen LogP contribution in [0.15, 0.2) is 30.3 Å². The van der Waals surface area contributed by atoms with Crippen LogP contribution in [0, 0.1) is 5.92 Å². The van der Waals surface area contributed by atoms with Crippen molar-refractivity contribution in [2.24, 2.45) is 5.92 Å². The van der Waals surface area contributed by atoms with E-state index >= 15 is 0 Å². The highest BCUT2D eigenvalue weighted by Crippen LogP contribution is 2.24. The summed E-state index contributed by atoms with van der Waals surface area (Å²) in [6.07, 6.45) is 0.0366. The number of rotatable bonds is 4. The van der Waals surface area contributed by atoms with E-state index in [1.807, 2.05) is 30.3 Å². The van der Waals surface area contributed by atoms with Gasteiger partial charge in [0.15, 0.2) is 0 Å². The van der Waals surface area contributed by atoms with Gasteiger partial charge in [-0.05, 0) is 19.1 Å². The first-order chi connectivity index (χ1) is 9.20. The molecule has 2 rings (SSSR count). The highest BCUT2D eigenvalue weighted by atomic mass is 16.5. The molecule has 2 amide bonds. The minimum Gasteiger partial charge on any atom is -0.450 e. The third-order valence-corrected chi connectivity index (χ3v) is 3.08. The second-order valence-electron chi connectivity index (χ2n) is 4.51. The summed E-state index contributed by atoms with van der Waals surface area (Å²) in [5.74, 6) is 0.235. The SMILES string of the molecule is CCOC(=O)NCC1CC(=O)N(c2ccccc2)C1. The molecule has 1 aliphatic heterocycles. The predicted octanol–water partition coefficient (Wildman–Crippen LogP) is 1.79. The minimum atomic E-state index is -0.423. The lowest BCUT2D eigenvalue weighted by Gasteiger charge is -2.16. The van der Waals surface area contributed by atoms with Crippen molar-refractivity contribution in [1.82, 2.24) is 5.32 Å². The van der Waals surface area contributed by atoms with Crippen LogP contribution in [-0.4, -0.2) is 31.7 Å². The van der Waals surface area contributed by atoms with Crippen molar-refractivity contribution >= 4 is 17.7 Å². The van der Waals surface area contributed by atoms with Crippen LogP contribution in [-0.2, 0) is 9.53 Å². The van der Waals surface area contributed by atoms with Gasteiger partial charge in [-0.25, -0.2) is 4.79 Å². The van der Waals surface area contributed by atoms with Gasteiger partial charge in [-0.1, -0.05) is 18.2 Å². The summed E-state index contributed by atoms with van der Waals surface area (Å²) in [4.78, 5) is 24.9. The van der Waals surface area contributed by atoms with Gasteiger partial charge in [0.1, 0.15) is 0 Å². The van der Waals surface area contributed by atoms with Crippen LogP contribution >= 0.6 is 0 Å². The van der Waals surface area contributed by atoms with Crippen molar-refractivity contribution in [1.29, 1.82) is 0 Å². The topological polar surface area (TPSA) is 58.6 Å². The van der Waals surface area contributed by atoms with Crippen molar-refractivity contribution in [3.8, 4) is 0 Å². The summed E-state index contributed by atoms with van der Waals surface area (Å²) in [7, 11) is 0. The summed E-state index contributed by atoms with van der Waals surface area (Å²) >= 11 is 0. The maximum atomic E-state index is 11.9. The van der Waals surface area contributed by atoms with E-state index in [4.69, 9.17) is 4.74 Å². The van der Waals surface area contributed by atoms with E-state index in [-0.39, 0.29) is 11.8 Å². The Morgan fingerprint density at radius 2 is 2.16 bits per heavy atom. The molecule has 0 bridgehead atoms. The van der Waals surface area contributed by atoms with Gasteiger partial charge < -0.3 is 15.0 Å². The normalized spacial score (nSPS) is 18.5. The molecule has 1 aromatic carbocycles. The minimum absolute atomic E-state index is 0.0989. The van der Waals surface area contributed by atoms with Gasteiger partial charge >= 0.3 is 6.09 Å². The first-order valence-electron chi connectivity index (χ1n) is 6.46. The molecule has 0 spiro atoms. The van der Waals surface area contributed by atoms with E-state index < -0.39 is 6.09 Å². The fourth-order valence-corrected chi connectivity index (χ4v) is 2.19. The molecule has 1 unspecified atom stereocenters. The Morgan fingerprint density at radius 3 is 2.84 bits per heavy atom. The molecule has 0 radical (unpaired) electrons. The smallest absolute Gasteiger partial charge is 0.407 e. The van der Waals surface area contributed by atoms with Crippen molar-refractivity contribution in [3.05, 3.63) is 30.3 Å². The standard InChI is InChI=1S/C14H18N2O3/c1-2-19-14(18)15-9-11-8-13(17)16(10-11)12-6-4-3-5-7-12/h3-7,11H,2,8-10H2,1H3,(H,15,18). The summed E-state index contributed by atoms with van der Waals surface area (Å²) in [6, 6.07) is 9.57. The van der Waals surface area contributed by atoms with Crippen molar-refractivity contribution in [2.75, 3.05) is 24.6 Å². The van der Waals surface area contributed by atoms with Crippen LogP contribution < -0.4 is 10.2 Å². The fraction of sp³-hybridized carbons (Fsp3) is 0.429. The Hall–Kier alpha value is -2.04. The molecule has 19 heavy (non-hydrogen) atoms. The Labute approximate surface area is 112 Å². The van der Waals surface area contributed by atoms with Crippen LogP contribution in [0.2, 0.25) is 0 Å². The maximum Gasteiger partial charge on any atom is 0.407 e. The average Bonchev–Trinajstić information content (AvgIpc) is 2.79. The molecular formula is C14H18N2O3. The maximum absolute atomic E-state index is 11.9. The van der Waals surface area contributed by atoms with Gasteiger partial charge in [0.05, 0.1) is 6.61 Å². The molecule has 1 aromatic rings. The van der Waals surface area contributed by atoms with E-state index in [0.29, 0.717) is 26.1 Å². The number of para-hydroxylation sites is 1. The van der Waals surface area contributed by atoms with E-state index in [1.165, 1.54) is 0 Å². The zero-order valence-electron chi connectivity index (χ0n) is 11.0. The Morgan fingerprint density at radius 1 is 1.42 bits per heavy atom. The quantitative estimate of drug-likeness (QED) is 0.900. The van der Waals surface area contributed by atoms with Gasteiger partial charge in [0.2, 0.25) is 5.91 Å². The van der Waals surface area contributed by atoms with Crippen molar-refractivity contribution in [3.63, 3.8) is 0 Å². The van der Waals surface area contributed by atoms with E-state index in [1.54, 1.807) is 11.8 Å². The molecule has 5 heteroatoms. The Kier molecular flexibility index (Phi) is 4.39. The highest BCUT2D eigenvalue weighted by molar-refractivity contribution is 5.95. The predicted molar refractivity (Wildman–Crippen MR) is 71.9 cm³/mol. The summed E-state index contributed by atoms with van der Waals surface area (Å²) < 4.78 is 4.79. The molecule has 0 aliphatic carbocycles. The third-order valence-electron chi connectivity index (χ3n) is 3.08. The molecule has 102 valence electrons. The molecule has 1 fully saturated rings. The van der Waals surface area contributed by atoms with Gasteiger partial charge in [0.25, 0.3) is 0 Å². The van der Waals surface area contributed by atoms with Gasteiger partial charge in [-0.2, -0.15) is 0 Å². The van der Waals surface area contributed by atoms with Crippen LogP contribution in [0.25, 0.3) is 0 Å². The van der Waals surface area contributed by atoms with Crippen molar-refractivity contribution in [2.45, 2.75) is 13.3 Å². The van der Waals surface area contributed by atoms with E-state index in [2.05, 4.69) is 5.32 Å². The molecular weight excluding hydrogens is 244 g/mol. The molecule has 0 aromatic heterocycles. The van der Waals surface area contributed by atoms with Gasteiger partial charge in [-0.3, -0.25) is 4.79 Å². The van der Waals surface area contributed by atoms with Crippen LogP contribution in [0.1, 0.15) is 13.3 Å². The number of ether oxygens (including phenoxy) is 1. The summed E-state index contributed by atoms with van der Waals surface area (Å²) in [5.41, 5.74) is 0.908.